The number of rotatable bonds is 7. The molecule has 0 spiro atoms. The van der Waals surface area contributed by atoms with Crippen molar-refractivity contribution in [2.75, 3.05) is 19.5 Å². The average molecular weight is 518 g/mol. The third kappa shape index (κ3) is 4.54. The Morgan fingerprint density at radius 1 is 1.11 bits per heavy atom. The fourth-order valence-corrected chi connectivity index (χ4v) is 4.65. The lowest BCUT2D eigenvalue weighted by Gasteiger charge is -2.15. The summed E-state index contributed by atoms with van der Waals surface area (Å²) in [5.41, 5.74) is 1.32. The van der Waals surface area contributed by atoms with Gasteiger partial charge in [0, 0.05) is 12.7 Å². The number of aromatic nitrogens is 5. The highest BCUT2D eigenvalue weighted by Crippen LogP contribution is 2.28. The number of methoxy groups -OCH3 is 2. The molecule has 0 unspecified atom stereocenters. The largest absolute Gasteiger partial charge is 0.493 e. The van der Waals surface area contributed by atoms with E-state index in [4.69, 9.17) is 14.9 Å². The molecule has 0 aliphatic heterocycles. The van der Waals surface area contributed by atoms with Crippen molar-refractivity contribution in [3.05, 3.63) is 80.6 Å². The zero-order chi connectivity index (χ0) is 26.1. The number of nitrogens with one attached hydrogen (secondary N) is 2. The molecular formula is C25H23N7O4S. The Kier molecular flexibility index (Phi) is 6.40. The zero-order valence-corrected chi connectivity index (χ0v) is 21.1. The number of ether oxygens (including phenoxy) is 2. The van der Waals surface area contributed by atoms with Gasteiger partial charge in [0.05, 0.1) is 25.2 Å². The van der Waals surface area contributed by atoms with Crippen molar-refractivity contribution in [3.8, 4) is 11.5 Å². The number of hydrogen-bond donors (Lipinski definition) is 2. The predicted molar refractivity (Wildman–Crippen MR) is 139 cm³/mol. The van der Waals surface area contributed by atoms with Crippen LogP contribution in [0, 0.1) is 12.3 Å². The first-order valence-corrected chi connectivity index (χ1v) is 12.1. The Morgan fingerprint density at radius 2 is 1.92 bits per heavy atom. The highest BCUT2D eigenvalue weighted by Gasteiger charge is 2.19. The maximum absolute atomic E-state index is 13.4. The fraction of sp³-hybridized carbons (Fsp3) is 0.200. The molecule has 5 rings (SSSR count). The van der Waals surface area contributed by atoms with E-state index in [1.807, 2.05) is 18.2 Å². The lowest BCUT2D eigenvalue weighted by molar-refractivity contribution is 0.102. The first-order valence-electron chi connectivity index (χ1n) is 11.3. The van der Waals surface area contributed by atoms with Crippen molar-refractivity contribution in [1.29, 1.82) is 5.41 Å². The molecule has 0 fully saturated rings. The molecular weight excluding hydrogens is 494 g/mol. The summed E-state index contributed by atoms with van der Waals surface area (Å²) in [5, 5.41) is 20.6. The standard InChI is InChI=1S/C25H23N7O4S/c1-14-29-30-25(37-14)28-23(33)16-13-17-22(27-20-6-4-5-10-31(20)24(17)34)32(21(16)26)11-9-15-7-8-18(35-2)19(12-15)36-3/h4-8,10,12-13,26H,9,11H2,1-3H3,(H,28,30,33). The van der Waals surface area contributed by atoms with E-state index >= 15 is 0 Å². The van der Waals surface area contributed by atoms with Crippen LogP contribution in [0.15, 0.2) is 53.5 Å². The quantitative estimate of drug-likeness (QED) is 0.317. The van der Waals surface area contributed by atoms with Gasteiger partial charge in [-0.3, -0.25) is 24.7 Å². The van der Waals surface area contributed by atoms with E-state index in [1.54, 1.807) is 50.1 Å². The second kappa shape index (κ2) is 9.82. The number of aryl methyl sites for hydroxylation is 3. The topological polar surface area (TPSA) is 136 Å². The highest BCUT2D eigenvalue weighted by molar-refractivity contribution is 7.15. The molecule has 12 heteroatoms. The van der Waals surface area contributed by atoms with Crippen LogP contribution in [-0.4, -0.2) is 44.3 Å². The summed E-state index contributed by atoms with van der Waals surface area (Å²) < 4.78 is 13.7. The second-order valence-corrected chi connectivity index (χ2v) is 9.34. The molecule has 1 amide bonds. The summed E-state index contributed by atoms with van der Waals surface area (Å²) in [7, 11) is 3.13. The number of benzene rings is 1. The maximum atomic E-state index is 13.4. The summed E-state index contributed by atoms with van der Waals surface area (Å²) in [5.74, 6) is 0.640. The SMILES string of the molecule is COc1ccc(CCn2c(=N)c(C(=O)Nc3nnc(C)s3)cc3c(=O)n4ccccc4nc32)cc1OC. The van der Waals surface area contributed by atoms with Gasteiger partial charge in [0.15, 0.2) is 11.5 Å². The number of carbonyl (C=O) groups excluding carboxylic acids is 1. The number of amides is 1. The van der Waals surface area contributed by atoms with Crippen molar-refractivity contribution < 1.29 is 14.3 Å². The van der Waals surface area contributed by atoms with Crippen molar-refractivity contribution in [1.82, 2.24) is 24.1 Å². The Morgan fingerprint density at radius 3 is 2.65 bits per heavy atom. The highest BCUT2D eigenvalue weighted by atomic mass is 32.1. The number of fused-ring (bicyclic) bond motifs is 2. The number of hydrogen-bond acceptors (Lipinski definition) is 9. The molecule has 37 heavy (non-hydrogen) atoms. The molecule has 0 bridgehead atoms. The van der Waals surface area contributed by atoms with Crippen LogP contribution in [0.4, 0.5) is 5.13 Å². The summed E-state index contributed by atoms with van der Waals surface area (Å²) >= 11 is 1.22. The summed E-state index contributed by atoms with van der Waals surface area (Å²) in [4.78, 5) is 31.2. The van der Waals surface area contributed by atoms with Crippen molar-refractivity contribution in [2.45, 2.75) is 19.9 Å². The van der Waals surface area contributed by atoms with E-state index in [0.29, 0.717) is 45.9 Å². The van der Waals surface area contributed by atoms with Gasteiger partial charge in [0.25, 0.3) is 11.5 Å². The van der Waals surface area contributed by atoms with Gasteiger partial charge in [-0.1, -0.05) is 23.5 Å². The van der Waals surface area contributed by atoms with E-state index in [9.17, 15) is 9.59 Å². The summed E-state index contributed by atoms with van der Waals surface area (Å²) in [6, 6.07) is 12.2. The van der Waals surface area contributed by atoms with Gasteiger partial charge in [0.1, 0.15) is 21.8 Å². The van der Waals surface area contributed by atoms with E-state index in [1.165, 1.54) is 21.8 Å². The Balaban J connectivity index is 1.63. The first kappa shape index (κ1) is 24.1. The maximum Gasteiger partial charge on any atom is 0.267 e. The molecule has 0 atom stereocenters. The van der Waals surface area contributed by atoms with Crippen molar-refractivity contribution in [2.24, 2.45) is 0 Å². The fourth-order valence-electron chi connectivity index (χ4n) is 4.07. The van der Waals surface area contributed by atoms with E-state index < -0.39 is 5.91 Å². The van der Waals surface area contributed by atoms with Gasteiger partial charge < -0.3 is 14.0 Å². The van der Waals surface area contributed by atoms with Crippen molar-refractivity contribution in [3.63, 3.8) is 0 Å². The molecule has 5 aromatic rings. The smallest absolute Gasteiger partial charge is 0.267 e. The van der Waals surface area contributed by atoms with Gasteiger partial charge in [-0.05, 0) is 49.2 Å². The molecule has 0 aliphatic carbocycles. The molecule has 11 nitrogen and oxygen atoms in total. The lowest BCUT2D eigenvalue weighted by atomic mass is 10.1. The van der Waals surface area contributed by atoms with Crippen LogP contribution in [0.2, 0.25) is 0 Å². The van der Waals surface area contributed by atoms with E-state index in [-0.39, 0.29) is 22.0 Å². The van der Waals surface area contributed by atoms with Gasteiger partial charge in [-0.2, -0.15) is 0 Å². The van der Waals surface area contributed by atoms with Gasteiger partial charge in [-0.25, -0.2) is 4.98 Å². The molecule has 2 N–H and O–H groups in total. The second-order valence-electron chi connectivity index (χ2n) is 8.16. The molecule has 188 valence electrons. The molecule has 4 heterocycles. The van der Waals surface area contributed by atoms with Crippen LogP contribution < -0.4 is 25.8 Å². The molecule has 0 radical (unpaired) electrons. The molecule has 4 aromatic heterocycles. The minimum Gasteiger partial charge on any atom is -0.493 e. The third-order valence-electron chi connectivity index (χ3n) is 5.88. The van der Waals surface area contributed by atoms with E-state index in [0.717, 1.165) is 5.56 Å². The first-order chi connectivity index (χ1) is 17.9. The summed E-state index contributed by atoms with van der Waals surface area (Å²) in [6.45, 7) is 2.07. The van der Waals surface area contributed by atoms with Crippen LogP contribution in [0.5, 0.6) is 11.5 Å². The summed E-state index contributed by atoms with van der Waals surface area (Å²) in [6.07, 6.45) is 2.11. The van der Waals surface area contributed by atoms with Crippen LogP contribution >= 0.6 is 11.3 Å². The lowest BCUT2D eigenvalue weighted by Crippen LogP contribution is -2.32. The monoisotopic (exact) mass is 517 g/mol. The Labute approximate surface area is 214 Å². The third-order valence-corrected chi connectivity index (χ3v) is 6.64. The van der Waals surface area contributed by atoms with Gasteiger partial charge in [-0.15, -0.1) is 10.2 Å². The minimum absolute atomic E-state index is 0.0300. The average Bonchev–Trinajstić information content (AvgIpc) is 3.32. The zero-order valence-electron chi connectivity index (χ0n) is 20.3. The van der Waals surface area contributed by atoms with Crippen LogP contribution in [0.25, 0.3) is 16.7 Å². The molecule has 0 saturated heterocycles. The predicted octanol–water partition coefficient (Wildman–Crippen LogP) is 2.80. The van der Waals surface area contributed by atoms with E-state index in [2.05, 4.69) is 20.5 Å². The van der Waals surface area contributed by atoms with Gasteiger partial charge in [0.2, 0.25) is 5.13 Å². The molecule has 0 saturated carbocycles. The van der Waals surface area contributed by atoms with Crippen LogP contribution in [0.3, 0.4) is 0 Å². The van der Waals surface area contributed by atoms with Crippen LogP contribution in [-0.2, 0) is 13.0 Å². The Hall–Kier alpha value is -4.58. The van der Waals surface area contributed by atoms with Gasteiger partial charge >= 0.3 is 0 Å². The van der Waals surface area contributed by atoms with Crippen molar-refractivity contribution >= 4 is 39.1 Å². The normalized spacial score (nSPS) is 11.1. The molecule has 0 aliphatic rings. The number of carbonyl (C=O) groups is 1. The Bertz CT molecular complexity index is 1770. The number of pyridine rings is 2. The van der Waals surface area contributed by atoms with Crippen LogP contribution in [0.1, 0.15) is 20.9 Å². The minimum atomic E-state index is -0.555. The number of anilines is 1. The number of nitrogens with zero attached hydrogens (tertiary/aromatic N) is 5. The molecule has 1 aromatic carbocycles.